The van der Waals surface area contributed by atoms with Gasteiger partial charge >= 0.3 is 0 Å². The van der Waals surface area contributed by atoms with E-state index in [1.54, 1.807) is 24.0 Å². The van der Waals surface area contributed by atoms with Crippen LogP contribution in [-0.2, 0) is 6.54 Å². The Hall–Kier alpha value is -0.810. The highest BCUT2D eigenvalue weighted by atomic mass is 32.2. The minimum atomic E-state index is -0.203. The first-order valence-corrected chi connectivity index (χ1v) is 8.10. The van der Waals surface area contributed by atoms with Crippen molar-refractivity contribution < 1.29 is 4.39 Å². The third-order valence-corrected chi connectivity index (χ3v) is 3.95. The van der Waals surface area contributed by atoms with Crippen LogP contribution in [0.1, 0.15) is 25.8 Å². The molecule has 19 heavy (non-hydrogen) atoms. The highest BCUT2D eigenvalue weighted by Gasteiger charge is 2.19. The van der Waals surface area contributed by atoms with E-state index in [4.69, 9.17) is 0 Å². The molecule has 5 heteroatoms. The molecule has 0 amide bonds. The van der Waals surface area contributed by atoms with Crippen molar-refractivity contribution in [1.29, 1.82) is 0 Å². The van der Waals surface area contributed by atoms with Gasteiger partial charge < -0.3 is 10.2 Å². The average Bonchev–Trinajstić information content (AvgIpc) is 2.43. The Morgan fingerprint density at radius 2 is 2.21 bits per heavy atom. The van der Waals surface area contributed by atoms with Crippen LogP contribution in [0.4, 0.5) is 10.2 Å². The summed E-state index contributed by atoms with van der Waals surface area (Å²) in [6.45, 7) is 5.51. The highest BCUT2D eigenvalue weighted by molar-refractivity contribution is 7.98. The van der Waals surface area contributed by atoms with Crippen LogP contribution in [0.5, 0.6) is 0 Å². The number of aromatic nitrogens is 1. The average molecular weight is 285 g/mol. The number of pyridine rings is 1. The number of hydrogen-bond acceptors (Lipinski definition) is 4. The zero-order chi connectivity index (χ0) is 14.3. The lowest BCUT2D eigenvalue weighted by molar-refractivity contribution is 0.569. The van der Waals surface area contributed by atoms with E-state index >= 15 is 0 Å². The van der Waals surface area contributed by atoms with E-state index < -0.39 is 0 Å². The third kappa shape index (κ3) is 4.35. The number of rotatable bonds is 8. The lowest BCUT2D eigenvalue weighted by Gasteiger charge is -2.28. The lowest BCUT2D eigenvalue weighted by Crippen LogP contribution is -2.34. The molecule has 108 valence electrons. The van der Waals surface area contributed by atoms with E-state index in [1.807, 2.05) is 18.9 Å². The van der Waals surface area contributed by atoms with E-state index in [2.05, 4.69) is 23.5 Å². The monoisotopic (exact) mass is 285 g/mol. The zero-order valence-corrected chi connectivity index (χ0v) is 13.1. The summed E-state index contributed by atoms with van der Waals surface area (Å²) in [7, 11) is 1.92. The maximum absolute atomic E-state index is 14.4. The fourth-order valence-electron chi connectivity index (χ4n) is 1.98. The van der Waals surface area contributed by atoms with Crippen LogP contribution in [-0.4, -0.2) is 36.6 Å². The second kappa shape index (κ2) is 8.38. The van der Waals surface area contributed by atoms with Crippen molar-refractivity contribution in [2.75, 3.05) is 30.5 Å². The molecule has 0 aromatic carbocycles. The van der Waals surface area contributed by atoms with Gasteiger partial charge in [0.2, 0.25) is 0 Å². The van der Waals surface area contributed by atoms with Crippen molar-refractivity contribution in [2.45, 2.75) is 32.9 Å². The summed E-state index contributed by atoms with van der Waals surface area (Å²) in [5, 5.41) is 3.15. The molecule has 1 rings (SSSR count). The van der Waals surface area contributed by atoms with Gasteiger partial charge in [-0.3, -0.25) is 0 Å². The second-order valence-electron chi connectivity index (χ2n) is 4.52. The molecule has 0 spiro atoms. The molecule has 0 bridgehead atoms. The Kier molecular flexibility index (Phi) is 7.16. The number of hydrogen-bond donors (Lipinski definition) is 1. The summed E-state index contributed by atoms with van der Waals surface area (Å²) in [6.07, 6.45) is 4.74. The van der Waals surface area contributed by atoms with Gasteiger partial charge in [0, 0.05) is 37.1 Å². The molecule has 1 N–H and O–H groups in total. The van der Waals surface area contributed by atoms with Gasteiger partial charge in [-0.2, -0.15) is 11.8 Å². The van der Waals surface area contributed by atoms with Crippen molar-refractivity contribution in [3.63, 3.8) is 0 Å². The number of nitrogens with one attached hydrogen (secondary N) is 1. The minimum absolute atomic E-state index is 0.203. The SMILES string of the molecule is CCNCc1ccnc(N(C)C(CC)CSC)c1F. The first-order chi connectivity index (χ1) is 9.15. The lowest BCUT2D eigenvalue weighted by atomic mass is 10.2. The first-order valence-electron chi connectivity index (χ1n) is 6.71. The van der Waals surface area contributed by atoms with Gasteiger partial charge in [0.25, 0.3) is 0 Å². The molecule has 0 saturated heterocycles. The molecular weight excluding hydrogens is 261 g/mol. The van der Waals surface area contributed by atoms with E-state index in [1.165, 1.54) is 0 Å². The summed E-state index contributed by atoms with van der Waals surface area (Å²) >= 11 is 1.78. The van der Waals surface area contributed by atoms with E-state index in [9.17, 15) is 4.39 Å². The number of halogens is 1. The van der Waals surface area contributed by atoms with Gasteiger partial charge in [-0.05, 0) is 25.3 Å². The van der Waals surface area contributed by atoms with Crippen LogP contribution in [0.25, 0.3) is 0 Å². The standard InChI is InChI=1S/C14H24FN3S/c1-5-12(10-19-4)18(3)14-13(15)11(7-8-17-14)9-16-6-2/h7-8,12,16H,5-6,9-10H2,1-4H3. The quantitative estimate of drug-likeness (QED) is 0.795. The van der Waals surface area contributed by atoms with Crippen molar-refractivity contribution >= 4 is 17.6 Å². The molecule has 0 aliphatic heterocycles. The summed E-state index contributed by atoms with van der Waals surface area (Å²) in [6, 6.07) is 2.05. The maximum atomic E-state index is 14.4. The molecule has 0 radical (unpaired) electrons. The first kappa shape index (κ1) is 16.2. The molecule has 3 nitrogen and oxygen atoms in total. The Bertz CT molecular complexity index is 387. The summed E-state index contributed by atoms with van der Waals surface area (Å²) in [5.41, 5.74) is 0.678. The fraction of sp³-hybridized carbons (Fsp3) is 0.643. The van der Waals surface area contributed by atoms with Crippen LogP contribution in [0.2, 0.25) is 0 Å². The van der Waals surface area contributed by atoms with Crippen molar-refractivity contribution in [3.05, 3.63) is 23.6 Å². The smallest absolute Gasteiger partial charge is 0.170 e. The van der Waals surface area contributed by atoms with Gasteiger partial charge in [0.1, 0.15) is 0 Å². The van der Waals surface area contributed by atoms with E-state index in [0.29, 0.717) is 24.0 Å². The summed E-state index contributed by atoms with van der Waals surface area (Å²) in [4.78, 5) is 6.17. The van der Waals surface area contributed by atoms with Crippen molar-refractivity contribution in [3.8, 4) is 0 Å². The van der Waals surface area contributed by atoms with Crippen LogP contribution < -0.4 is 10.2 Å². The van der Waals surface area contributed by atoms with Crippen molar-refractivity contribution in [2.24, 2.45) is 0 Å². The van der Waals surface area contributed by atoms with Crippen LogP contribution in [0.15, 0.2) is 12.3 Å². The topological polar surface area (TPSA) is 28.2 Å². The van der Waals surface area contributed by atoms with Crippen LogP contribution in [0.3, 0.4) is 0 Å². The molecule has 1 heterocycles. The van der Waals surface area contributed by atoms with Gasteiger partial charge in [0.15, 0.2) is 11.6 Å². The third-order valence-electron chi connectivity index (χ3n) is 3.23. The van der Waals surface area contributed by atoms with Gasteiger partial charge in [-0.25, -0.2) is 9.37 Å². The molecule has 0 aliphatic rings. The Morgan fingerprint density at radius 3 is 2.79 bits per heavy atom. The van der Waals surface area contributed by atoms with Gasteiger partial charge in [-0.1, -0.05) is 13.8 Å². The van der Waals surface area contributed by atoms with Crippen molar-refractivity contribution in [1.82, 2.24) is 10.3 Å². The highest BCUT2D eigenvalue weighted by Crippen LogP contribution is 2.22. The van der Waals surface area contributed by atoms with Gasteiger partial charge in [-0.15, -0.1) is 0 Å². The molecule has 1 unspecified atom stereocenters. The largest absolute Gasteiger partial charge is 0.353 e. The van der Waals surface area contributed by atoms with E-state index in [-0.39, 0.29) is 5.82 Å². The number of thioether (sulfide) groups is 1. The van der Waals surface area contributed by atoms with Gasteiger partial charge in [0.05, 0.1) is 0 Å². The normalized spacial score (nSPS) is 12.5. The molecule has 0 fully saturated rings. The summed E-state index contributed by atoms with van der Waals surface area (Å²) in [5.74, 6) is 1.23. The molecule has 0 aliphatic carbocycles. The molecule has 0 saturated carbocycles. The van der Waals surface area contributed by atoms with Crippen LogP contribution >= 0.6 is 11.8 Å². The maximum Gasteiger partial charge on any atom is 0.170 e. The zero-order valence-electron chi connectivity index (χ0n) is 12.2. The number of anilines is 1. The molecular formula is C14H24FN3S. The predicted molar refractivity (Wildman–Crippen MR) is 82.4 cm³/mol. The molecule has 1 aromatic heterocycles. The summed E-state index contributed by atoms with van der Waals surface area (Å²) < 4.78 is 14.4. The number of nitrogens with zero attached hydrogens (tertiary/aromatic N) is 2. The fourth-order valence-corrected chi connectivity index (χ4v) is 2.83. The predicted octanol–water partition coefficient (Wildman–Crippen LogP) is 2.91. The van der Waals surface area contributed by atoms with Crippen LogP contribution in [0, 0.1) is 5.82 Å². The Balaban J connectivity index is 2.92. The Morgan fingerprint density at radius 1 is 1.47 bits per heavy atom. The minimum Gasteiger partial charge on any atom is -0.353 e. The van der Waals surface area contributed by atoms with E-state index in [0.717, 1.165) is 18.7 Å². The Labute approximate surface area is 120 Å². The second-order valence-corrected chi connectivity index (χ2v) is 5.43. The molecule has 1 aromatic rings. The molecule has 1 atom stereocenters.